The molecule has 1 rings (SSSR count). The molecular weight excluding hydrogens is 201 g/mol. The number of nitrogens with one attached hydrogen (secondary N) is 1. The summed E-state index contributed by atoms with van der Waals surface area (Å²) >= 11 is 0. The molecule has 0 saturated carbocycles. The standard InChI is InChI=1S/C14H22FN/c1-12(2)11-16-10-4-3-5-13-6-8-14(15)9-7-13/h6-9,12,16H,3-5,10-11H2,1-2H3. The van der Waals surface area contributed by atoms with Gasteiger partial charge in [0.15, 0.2) is 0 Å². The second-order valence-electron chi connectivity index (χ2n) is 4.68. The van der Waals surface area contributed by atoms with Crippen molar-refractivity contribution in [1.82, 2.24) is 5.32 Å². The number of hydrogen-bond donors (Lipinski definition) is 1. The van der Waals surface area contributed by atoms with Crippen LogP contribution in [0.1, 0.15) is 32.3 Å². The fourth-order valence-electron chi connectivity index (χ4n) is 1.62. The lowest BCUT2D eigenvalue weighted by Crippen LogP contribution is -2.20. The van der Waals surface area contributed by atoms with Gasteiger partial charge in [0.25, 0.3) is 0 Å². The molecule has 0 aliphatic carbocycles. The third kappa shape index (κ3) is 5.86. The van der Waals surface area contributed by atoms with E-state index >= 15 is 0 Å². The summed E-state index contributed by atoms with van der Waals surface area (Å²) in [7, 11) is 0. The van der Waals surface area contributed by atoms with Gasteiger partial charge in [0.1, 0.15) is 5.82 Å². The average molecular weight is 223 g/mol. The van der Waals surface area contributed by atoms with Crippen LogP contribution in [0.5, 0.6) is 0 Å². The number of hydrogen-bond acceptors (Lipinski definition) is 1. The van der Waals surface area contributed by atoms with E-state index in [0.29, 0.717) is 0 Å². The monoisotopic (exact) mass is 223 g/mol. The summed E-state index contributed by atoms with van der Waals surface area (Å²) in [6, 6.07) is 6.81. The minimum Gasteiger partial charge on any atom is -0.316 e. The molecule has 0 saturated heterocycles. The second-order valence-corrected chi connectivity index (χ2v) is 4.68. The topological polar surface area (TPSA) is 12.0 Å². The van der Waals surface area contributed by atoms with Crippen molar-refractivity contribution in [3.05, 3.63) is 35.6 Å². The highest BCUT2D eigenvalue weighted by atomic mass is 19.1. The van der Waals surface area contributed by atoms with Crippen LogP contribution in [0.15, 0.2) is 24.3 Å². The first kappa shape index (κ1) is 13.2. The maximum absolute atomic E-state index is 12.6. The third-order valence-corrected chi connectivity index (χ3v) is 2.53. The van der Waals surface area contributed by atoms with Crippen molar-refractivity contribution in [3.63, 3.8) is 0 Å². The molecule has 0 fully saturated rings. The number of rotatable bonds is 7. The quantitative estimate of drug-likeness (QED) is 0.699. The molecule has 90 valence electrons. The van der Waals surface area contributed by atoms with Gasteiger partial charge in [0.05, 0.1) is 0 Å². The van der Waals surface area contributed by atoms with Crippen LogP contribution >= 0.6 is 0 Å². The Hall–Kier alpha value is -0.890. The van der Waals surface area contributed by atoms with Crippen LogP contribution in [0, 0.1) is 11.7 Å². The lowest BCUT2D eigenvalue weighted by atomic mass is 10.1. The molecule has 1 aromatic carbocycles. The molecule has 0 aliphatic rings. The molecular formula is C14H22FN. The van der Waals surface area contributed by atoms with Gasteiger partial charge >= 0.3 is 0 Å². The van der Waals surface area contributed by atoms with Crippen molar-refractivity contribution in [2.45, 2.75) is 33.1 Å². The Labute approximate surface area is 98.1 Å². The highest BCUT2D eigenvalue weighted by Gasteiger charge is 1.95. The third-order valence-electron chi connectivity index (χ3n) is 2.53. The van der Waals surface area contributed by atoms with Crippen molar-refractivity contribution in [3.8, 4) is 0 Å². The Kier molecular flexibility index (Phi) is 6.09. The lowest BCUT2D eigenvalue weighted by Gasteiger charge is -2.07. The summed E-state index contributed by atoms with van der Waals surface area (Å²) in [4.78, 5) is 0. The molecule has 0 amide bonds. The highest BCUT2D eigenvalue weighted by Crippen LogP contribution is 2.06. The van der Waals surface area contributed by atoms with E-state index in [-0.39, 0.29) is 5.82 Å². The smallest absolute Gasteiger partial charge is 0.123 e. The molecule has 0 spiro atoms. The predicted octanol–water partition coefficient (Wildman–Crippen LogP) is 3.39. The summed E-state index contributed by atoms with van der Waals surface area (Å²) in [6.07, 6.45) is 3.39. The fourth-order valence-corrected chi connectivity index (χ4v) is 1.62. The van der Waals surface area contributed by atoms with Crippen LogP contribution in [-0.4, -0.2) is 13.1 Å². The van der Waals surface area contributed by atoms with Gasteiger partial charge in [-0.3, -0.25) is 0 Å². The Morgan fingerprint density at radius 1 is 1.12 bits per heavy atom. The maximum atomic E-state index is 12.6. The first-order valence-electron chi connectivity index (χ1n) is 6.13. The number of unbranched alkanes of at least 4 members (excludes halogenated alkanes) is 1. The van der Waals surface area contributed by atoms with Crippen LogP contribution in [0.2, 0.25) is 0 Å². The Morgan fingerprint density at radius 3 is 2.44 bits per heavy atom. The van der Waals surface area contributed by atoms with Crippen LogP contribution in [-0.2, 0) is 6.42 Å². The number of halogens is 1. The van der Waals surface area contributed by atoms with E-state index in [1.165, 1.54) is 24.1 Å². The van der Waals surface area contributed by atoms with Crippen molar-refractivity contribution in [1.29, 1.82) is 0 Å². The summed E-state index contributed by atoms with van der Waals surface area (Å²) in [5, 5.41) is 3.42. The van der Waals surface area contributed by atoms with Gasteiger partial charge in [-0.1, -0.05) is 26.0 Å². The molecule has 1 N–H and O–H groups in total. The van der Waals surface area contributed by atoms with E-state index in [4.69, 9.17) is 0 Å². The van der Waals surface area contributed by atoms with Crippen LogP contribution < -0.4 is 5.32 Å². The Bertz CT molecular complexity index is 279. The van der Waals surface area contributed by atoms with Gasteiger partial charge in [-0.05, 0) is 56.0 Å². The van der Waals surface area contributed by atoms with E-state index in [1.807, 2.05) is 12.1 Å². The zero-order valence-electron chi connectivity index (χ0n) is 10.3. The molecule has 0 radical (unpaired) electrons. The lowest BCUT2D eigenvalue weighted by molar-refractivity contribution is 0.535. The number of aryl methyl sites for hydroxylation is 1. The average Bonchev–Trinajstić information content (AvgIpc) is 2.25. The van der Waals surface area contributed by atoms with Gasteiger partial charge in [0.2, 0.25) is 0 Å². The van der Waals surface area contributed by atoms with Crippen LogP contribution in [0.4, 0.5) is 4.39 Å². The van der Waals surface area contributed by atoms with Crippen molar-refractivity contribution >= 4 is 0 Å². The molecule has 0 unspecified atom stereocenters. The minimum absolute atomic E-state index is 0.151. The van der Waals surface area contributed by atoms with Gasteiger partial charge in [-0.2, -0.15) is 0 Å². The van der Waals surface area contributed by atoms with Gasteiger partial charge in [0, 0.05) is 0 Å². The van der Waals surface area contributed by atoms with Crippen molar-refractivity contribution in [2.75, 3.05) is 13.1 Å². The molecule has 0 bridgehead atoms. The Balaban J connectivity index is 2.05. The molecule has 2 heteroatoms. The zero-order valence-corrected chi connectivity index (χ0v) is 10.3. The van der Waals surface area contributed by atoms with E-state index in [9.17, 15) is 4.39 Å². The predicted molar refractivity (Wildman–Crippen MR) is 67.0 cm³/mol. The first-order chi connectivity index (χ1) is 7.68. The van der Waals surface area contributed by atoms with E-state index in [2.05, 4.69) is 19.2 Å². The minimum atomic E-state index is -0.151. The summed E-state index contributed by atoms with van der Waals surface area (Å²) in [5.74, 6) is 0.569. The van der Waals surface area contributed by atoms with E-state index in [0.717, 1.165) is 31.8 Å². The first-order valence-corrected chi connectivity index (χ1v) is 6.13. The number of benzene rings is 1. The zero-order chi connectivity index (χ0) is 11.8. The summed E-state index contributed by atoms with van der Waals surface area (Å²) in [5.41, 5.74) is 1.23. The van der Waals surface area contributed by atoms with Crippen molar-refractivity contribution < 1.29 is 4.39 Å². The largest absolute Gasteiger partial charge is 0.316 e. The normalized spacial score (nSPS) is 11.0. The highest BCUT2D eigenvalue weighted by molar-refractivity contribution is 5.15. The summed E-state index contributed by atoms with van der Waals surface area (Å²) in [6.45, 7) is 6.60. The van der Waals surface area contributed by atoms with Gasteiger partial charge < -0.3 is 5.32 Å². The molecule has 0 aliphatic heterocycles. The molecule has 1 nitrogen and oxygen atoms in total. The molecule has 0 atom stereocenters. The van der Waals surface area contributed by atoms with Gasteiger partial charge in [-0.15, -0.1) is 0 Å². The molecule has 16 heavy (non-hydrogen) atoms. The van der Waals surface area contributed by atoms with E-state index < -0.39 is 0 Å². The molecule has 0 heterocycles. The molecule has 1 aromatic rings. The molecule has 0 aromatic heterocycles. The Morgan fingerprint density at radius 2 is 1.81 bits per heavy atom. The maximum Gasteiger partial charge on any atom is 0.123 e. The van der Waals surface area contributed by atoms with Gasteiger partial charge in [-0.25, -0.2) is 4.39 Å². The summed E-state index contributed by atoms with van der Waals surface area (Å²) < 4.78 is 12.6. The van der Waals surface area contributed by atoms with Crippen molar-refractivity contribution in [2.24, 2.45) is 5.92 Å². The van der Waals surface area contributed by atoms with Crippen LogP contribution in [0.25, 0.3) is 0 Å². The SMILES string of the molecule is CC(C)CNCCCCc1ccc(F)cc1. The van der Waals surface area contributed by atoms with Crippen LogP contribution in [0.3, 0.4) is 0 Å². The fraction of sp³-hybridized carbons (Fsp3) is 0.571. The second kappa shape index (κ2) is 7.39. The van der Waals surface area contributed by atoms with E-state index in [1.54, 1.807) is 0 Å².